The van der Waals surface area contributed by atoms with E-state index in [-0.39, 0.29) is 0 Å². The molecule has 11 heavy (non-hydrogen) atoms. The van der Waals surface area contributed by atoms with E-state index in [1.54, 1.807) is 0 Å². The number of ketones is 1. The summed E-state index contributed by atoms with van der Waals surface area (Å²) in [6, 6.07) is 0. The van der Waals surface area contributed by atoms with E-state index in [0.717, 1.165) is 5.20 Å². The number of rotatable bonds is 1. The van der Waals surface area contributed by atoms with Gasteiger partial charge in [-0.05, 0) is 5.20 Å². The topological polar surface area (TPSA) is 17.1 Å². The molecule has 0 bridgehead atoms. The average Bonchev–Trinajstić information content (AvgIpc) is 1.86. The highest BCUT2D eigenvalue weighted by molar-refractivity contribution is 6.87. The van der Waals surface area contributed by atoms with Gasteiger partial charge in [-0.15, -0.1) is 0 Å². The molecule has 0 aromatic rings. The molecule has 1 aliphatic rings. The maximum Gasteiger partial charge on any atom is 0.158 e. The molecule has 0 spiro atoms. The van der Waals surface area contributed by atoms with E-state index >= 15 is 0 Å². The van der Waals surface area contributed by atoms with Crippen LogP contribution >= 0.6 is 0 Å². The summed E-state index contributed by atoms with van der Waals surface area (Å²) < 4.78 is 0. The molecular weight excluding hydrogens is 152 g/mol. The van der Waals surface area contributed by atoms with E-state index in [1.807, 2.05) is 18.2 Å². The van der Waals surface area contributed by atoms with Gasteiger partial charge in [0.05, 0.1) is 8.07 Å². The molecule has 0 N–H and O–H groups in total. The van der Waals surface area contributed by atoms with Gasteiger partial charge in [-0.2, -0.15) is 0 Å². The fraction of sp³-hybridized carbons (Fsp3) is 0.444. The van der Waals surface area contributed by atoms with Crippen molar-refractivity contribution >= 4 is 13.9 Å². The Bertz CT molecular complexity index is 230. The highest BCUT2D eigenvalue weighted by Gasteiger charge is 2.25. The summed E-state index contributed by atoms with van der Waals surface area (Å²) in [5, 5.41) is 1.08. The Balaban J connectivity index is 2.93. The van der Waals surface area contributed by atoms with Crippen molar-refractivity contribution in [1.82, 2.24) is 0 Å². The highest BCUT2D eigenvalue weighted by atomic mass is 28.3. The molecule has 0 radical (unpaired) electrons. The summed E-state index contributed by atoms with van der Waals surface area (Å²) in [6.07, 6.45) is 6.51. The molecule has 0 aliphatic heterocycles. The Morgan fingerprint density at radius 3 is 2.36 bits per heavy atom. The Morgan fingerprint density at radius 1 is 1.36 bits per heavy atom. The van der Waals surface area contributed by atoms with Crippen molar-refractivity contribution in [3.05, 3.63) is 23.4 Å². The predicted molar refractivity (Wildman–Crippen MR) is 50.2 cm³/mol. The van der Waals surface area contributed by atoms with Crippen LogP contribution in [0.3, 0.4) is 0 Å². The Labute approximate surface area is 68.8 Å². The molecule has 0 atom stereocenters. The third-order valence-electron chi connectivity index (χ3n) is 1.81. The number of hydrogen-bond donors (Lipinski definition) is 0. The Kier molecular flexibility index (Phi) is 2.14. The third-order valence-corrected chi connectivity index (χ3v) is 3.87. The molecule has 0 heterocycles. The van der Waals surface area contributed by atoms with Crippen molar-refractivity contribution < 1.29 is 4.79 Å². The Morgan fingerprint density at radius 2 is 2.00 bits per heavy atom. The van der Waals surface area contributed by atoms with Gasteiger partial charge in [-0.1, -0.05) is 37.9 Å². The first-order valence-electron chi connectivity index (χ1n) is 3.92. The van der Waals surface area contributed by atoms with Crippen LogP contribution in [0.5, 0.6) is 0 Å². The van der Waals surface area contributed by atoms with E-state index in [2.05, 4.69) is 19.6 Å². The zero-order valence-electron chi connectivity index (χ0n) is 7.35. The van der Waals surface area contributed by atoms with Gasteiger partial charge in [-0.3, -0.25) is 4.79 Å². The highest BCUT2D eigenvalue weighted by Crippen LogP contribution is 2.19. The second-order valence-electron chi connectivity index (χ2n) is 3.89. The fourth-order valence-corrected chi connectivity index (χ4v) is 2.75. The van der Waals surface area contributed by atoms with Crippen LogP contribution in [0.15, 0.2) is 23.4 Å². The molecule has 1 aliphatic carbocycles. The molecule has 0 saturated carbocycles. The summed E-state index contributed by atoms with van der Waals surface area (Å²) in [4.78, 5) is 11.4. The number of hydrogen-bond acceptors (Lipinski definition) is 1. The SMILES string of the molecule is C[Si](C)(C)C1=CC=CCC1=O. The lowest BCUT2D eigenvalue weighted by molar-refractivity contribution is -0.114. The van der Waals surface area contributed by atoms with Crippen molar-refractivity contribution in [2.45, 2.75) is 26.1 Å². The first-order chi connectivity index (χ1) is 5.02. The smallest absolute Gasteiger partial charge is 0.158 e. The monoisotopic (exact) mass is 166 g/mol. The minimum absolute atomic E-state index is 0.326. The van der Waals surface area contributed by atoms with E-state index < -0.39 is 8.07 Å². The molecule has 1 rings (SSSR count). The lowest BCUT2D eigenvalue weighted by atomic mass is 10.2. The van der Waals surface area contributed by atoms with Gasteiger partial charge in [0.15, 0.2) is 5.78 Å². The maximum absolute atomic E-state index is 11.4. The predicted octanol–water partition coefficient (Wildman–Crippen LogP) is 2.32. The van der Waals surface area contributed by atoms with E-state index in [0.29, 0.717) is 12.2 Å². The molecule has 0 amide bonds. The van der Waals surface area contributed by atoms with Crippen molar-refractivity contribution in [2.75, 3.05) is 0 Å². The summed E-state index contributed by atoms with van der Waals surface area (Å²) in [5.41, 5.74) is 0. The van der Waals surface area contributed by atoms with E-state index in [9.17, 15) is 4.79 Å². The summed E-state index contributed by atoms with van der Waals surface area (Å²) >= 11 is 0. The molecule has 0 aromatic carbocycles. The molecule has 1 nitrogen and oxygen atoms in total. The van der Waals surface area contributed by atoms with Gasteiger partial charge in [0.1, 0.15) is 0 Å². The van der Waals surface area contributed by atoms with Crippen LogP contribution in [-0.2, 0) is 4.79 Å². The fourth-order valence-electron chi connectivity index (χ4n) is 1.21. The second kappa shape index (κ2) is 2.78. The second-order valence-corrected chi connectivity index (χ2v) is 8.92. The van der Waals surface area contributed by atoms with Crippen LogP contribution in [0, 0.1) is 0 Å². The number of allylic oxidation sites excluding steroid dienone is 4. The van der Waals surface area contributed by atoms with Crippen LogP contribution in [0.1, 0.15) is 6.42 Å². The summed E-state index contributed by atoms with van der Waals surface area (Å²) in [7, 11) is -1.36. The van der Waals surface area contributed by atoms with Gasteiger partial charge in [-0.25, -0.2) is 0 Å². The Hall–Kier alpha value is -0.633. The van der Waals surface area contributed by atoms with E-state index in [1.165, 1.54) is 0 Å². The van der Waals surface area contributed by atoms with Crippen molar-refractivity contribution in [2.24, 2.45) is 0 Å². The van der Waals surface area contributed by atoms with Crippen LogP contribution in [-0.4, -0.2) is 13.9 Å². The maximum atomic E-state index is 11.4. The standard InChI is InChI=1S/C9H14OSi/c1-11(2,3)9-7-5-4-6-8(9)10/h4-5,7H,6H2,1-3H3. The quantitative estimate of drug-likeness (QED) is 0.546. The number of carbonyl (C=O) groups excluding carboxylic acids is 1. The molecule has 0 saturated heterocycles. The van der Waals surface area contributed by atoms with Crippen LogP contribution in [0.2, 0.25) is 19.6 Å². The van der Waals surface area contributed by atoms with Gasteiger partial charge < -0.3 is 0 Å². The minimum atomic E-state index is -1.36. The van der Waals surface area contributed by atoms with Crippen LogP contribution < -0.4 is 0 Å². The number of Topliss-reactive ketones (excluding diaryl/α,β-unsaturated/α-hetero) is 1. The summed E-state index contributed by atoms with van der Waals surface area (Å²) in [5.74, 6) is 0.326. The first kappa shape index (κ1) is 8.46. The minimum Gasteiger partial charge on any atom is -0.295 e. The average molecular weight is 166 g/mol. The first-order valence-corrected chi connectivity index (χ1v) is 7.42. The molecular formula is C9H14OSi. The largest absolute Gasteiger partial charge is 0.295 e. The van der Waals surface area contributed by atoms with E-state index in [4.69, 9.17) is 0 Å². The van der Waals surface area contributed by atoms with Crippen molar-refractivity contribution in [3.63, 3.8) is 0 Å². The number of carbonyl (C=O) groups is 1. The third kappa shape index (κ3) is 1.90. The lowest BCUT2D eigenvalue weighted by Gasteiger charge is -2.20. The molecule has 0 aromatic heterocycles. The lowest BCUT2D eigenvalue weighted by Crippen LogP contribution is -2.30. The van der Waals surface area contributed by atoms with Gasteiger partial charge in [0.25, 0.3) is 0 Å². The van der Waals surface area contributed by atoms with Gasteiger partial charge in [0, 0.05) is 6.42 Å². The van der Waals surface area contributed by atoms with Gasteiger partial charge in [0.2, 0.25) is 0 Å². The van der Waals surface area contributed by atoms with Crippen molar-refractivity contribution in [1.29, 1.82) is 0 Å². The molecule has 0 fully saturated rings. The molecule has 2 heteroatoms. The van der Waals surface area contributed by atoms with Crippen molar-refractivity contribution in [3.8, 4) is 0 Å². The summed E-state index contributed by atoms with van der Waals surface area (Å²) in [6.45, 7) is 6.61. The van der Waals surface area contributed by atoms with Crippen LogP contribution in [0.25, 0.3) is 0 Å². The normalized spacial score (nSPS) is 18.5. The molecule has 0 unspecified atom stereocenters. The zero-order chi connectivity index (χ0) is 8.48. The van der Waals surface area contributed by atoms with Gasteiger partial charge >= 0.3 is 0 Å². The van der Waals surface area contributed by atoms with Crippen LogP contribution in [0.4, 0.5) is 0 Å². The zero-order valence-corrected chi connectivity index (χ0v) is 8.35. The molecule has 60 valence electrons.